The molecule has 2 amide bonds. The van der Waals surface area contributed by atoms with Crippen molar-refractivity contribution < 1.29 is 28.7 Å². The highest BCUT2D eigenvalue weighted by atomic mass is 16.5. The van der Waals surface area contributed by atoms with Crippen LogP contribution in [0.4, 0.5) is 0 Å². The van der Waals surface area contributed by atoms with Gasteiger partial charge in [0.15, 0.2) is 11.9 Å². The van der Waals surface area contributed by atoms with E-state index in [2.05, 4.69) is 4.98 Å². The number of fused-ring (bicyclic) bond motifs is 1. The molecule has 8 heteroatoms. The van der Waals surface area contributed by atoms with E-state index in [0.717, 1.165) is 4.90 Å². The van der Waals surface area contributed by atoms with Crippen LogP contribution < -0.4 is 0 Å². The van der Waals surface area contributed by atoms with Crippen molar-refractivity contribution in [2.75, 3.05) is 0 Å². The number of nitrogens with zero attached hydrogens (tertiary/aromatic N) is 1. The zero-order valence-electron chi connectivity index (χ0n) is 19.8. The molecule has 35 heavy (non-hydrogen) atoms. The molecule has 1 aliphatic heterocycles. The number of Topliss-reactive ketones (excluding diaryl/α,β-unsaturated/α-hetero) is 2. The van der Waals surface area contributed by atoms with E-state index < -0.39 is 17.9 Å². The van der Waals surface area contributed by atoms with Crippen LogP contribution in [0.5, 0.6) is 0 Å². The number of ketones is 2. The minimum Gasteiger partial charge on any atom is -0.451 e. The predicted octanol–water partition coefficient (Wildman–Crippen LogP) is 4.06. The number of aromatic amines is 1. The molecule has 1 N–H and O–H groups in total. The fraction of sp³-hybridized carbons (Fsp3) is 0.222. The minimum absolute atomic E-state index is 0.0699. The Morgan fingerprint density at radius 1 is 0.943 bits per heavy atom. The summed E-state index contributed by atoms with van der Waals surface area (Å²) in [5, 5.41) is 0. The number of H-pyrrole nitrogens is 1. The van der Waals surface area contributed by atoms with Gasteiger partial charge in [0, 0.05) is 11.3 Å². The molecule has 0 saturated carbocycles. The quantitative estimate of drug-likeness (QED) is 0.315. The number of aryl methyl sites for hydroxylation is 1. The zero-order chi connectivity index (χ0) is 25.4. The fourth-order valence-corrected chi connectivity index (χ4v) is 4.32. The van der Waals surface area contributed by atoms with Crippen LogP contribution in [0, 0.1) is 13.8 Å². The second kappa shape index (κ2) is 9.13. The number of carbonyl (C=O) groups is 5. The second-order valence-electron chi connectivity index (χ2n) is 8.53. The van der Waals surface area contributed by atoms with Gasteiger partial charge in [-0.1, -0.05) is 24.3 Å². The van der Waals surface area contributed by atoms with Gasteiger partial charge in [-0.05, 0) is 63.1 Å². The molecule has 2 aromatic carbocycles. The minimum atomic E-state index is -1.07. The topological polar surface area (TPSA) is 114 Å². The molecule has 0 saturated heterocycles. The highest BCUT2D eigenvalue weighted by Crippen LogP contribution is 2.25. The van der Waals surface area contributed by atoms with Gasteiger partial charge in [-0.25, -0.2) is 4.79 Å². The van der Waals surface area contributed by atoms with Gasteiger partial charge in [0.25, 0.3) is 11.8 Å². The number of amides is 2. The Balaban J connectivity index is 1.42. The first-order valence-electron chi connectivity index (χ1n) is 11.1. The number of hydrogen-bond acceptors (Lipinski definition) is 6. The number of hydrogen-bond donors (Lipinski definition) is 1. The number of nitrogens with one attached hydrogen (secondary N) is 1. The third-order valence-corrected chi connectivity index (χ3v) is 6.10. The average Bonchev–Trinajstić information content (AvgIpc) is 3.26. The van der Waals surface area contributed by atoms with Crippen LogP contribution in [-0.4, -0.2) is 45.3 Å². The summed E-state index contributed by atoms with van der Waals surface area (Å²) < 4.78 is 5.35. The summed E-state index contributed by atoms with van der Waals surface area (Å²) in [4.78, 5) is 66.5. The summed E-state index contributed by atoms with van der Waals surface area (Å²) in [7, 11) is 0. The van der Waals surface area contributed by atoms with Crippen LogP contribution in [-0.2, 0) is 11.3 Å². The lowest BCUT2D eigenvalue weighted by Gasteiger charge is -2.15. The molecular formula is C27H24N2O6. The molecule has 0 spiro atoms. The van der Waals surface area contributed by atoms with Gasteiger partial charge in [-0.15, -0.1) is 0 Å². The first-order chi connectivity index (χ1) is 16.6. The van der Waals surface area contributed by atoms with Crippen LogP contribution in [0.15, 0.2) is 48.5 Å². The molecule has 0 aliphatic carbocycles. The number of imide groups is 1. The van der Waals surface area contributed by atoms with E-state index in [1.807, 2.05) is 0 Å². The third-order valence-electron chi connectivity index (χ3n) is 6.10. The van der Waals surface area contributed by atoms with Crippen molar-refractivity contribution in [1.29, 1.82) is 0 Å². The molecule has 0 fully saturated rings. The first kappa shape index (κ1) is 23.8. The Bertz CT molecular complexity index is 1350. The van der Waals surface area contributed by atoms with Crippen molar-refractivity contribution in [2.24, 2.45) is 0 Å². The summed E-state index contributed by atoms with van der Waals surface area (Å²) in [5.41, 5.74) is 3.45. The van der Waals surface area contributed by atoms with E-state index in [-0.39, 0.29) is 35.4 Å². The molecular weight excluding hydrogens is 448 g/mol. The number of ether oxygens (including phenoxy) is 1. The fourth-order valence-electron chi connectivity index (χ4n) is 4.32. The lowest BCUT2D eigenvalue weighted by atomic mass is 10.0. The number of benzene rings is 2. The highest BCUT2D eigenvalue weighted by molar-refractivity contribution is 6.21. The van der Waals surface area contributed by atoms with Gasteiger partial charge in [-0.2, -0.15) is 0 Å². The van der Waals surface area contributed by atoms with Crippen molar-refractivity contribution in [3.8, 4) is 0 Å². The Morgan fingerprint density at radius 3 is 2.03 bits per heavy atom. The molecule has 0 bridgehead atoms. The molecule has 4 rings (SSSR count). The number of esters is 1. The molecule has 8 nitrogen and oxygen atoms in total. The van der Waals surface area contributed by atoms with Crippen LogP contribution in [0.1, 0.15) is 82.6 Å². The molecule has 1 aromatic heterocycles. The highest BCUT2D eigenvalue weighted by Gasteiger charge is 2.35. The lowest BCUT2D eigenvalue weighted by molar-refractivity contribution is 0.0316. The summed E-state index contributed by atoms with van der Waals surface area (Å²) in [6.45, 7) is 6.36. The third kappa shape index (κ3) is 4.30. The monoisotopic (exact) mass is 472 g/mol. The summed E-state index contributed by atoms with van der Waals surface area (Å²) in [6.07, 6.45) is -1.07. The standard InChI is InChI=1S/C27H24N2O6/c1-14-22(16(3)30)15(2)28-23(14)24(31)17(4)35-27(34)19-11-9-18(10-12-19)13-29-25(32)20-7-5-6-8-21(20)26(29)33/h5-12,17,28H,13H2,1-4H3. The molecule has 0 radical (unpaired) electrons. The predicted molar refractivity (Wildman–Crippen MR) is 127 cm³/mol. The SMILES string of the molecule is CC(=O)c1c(C)[nH]c(C(=O)C(C)OC(=O)c2ccc(CN3C(=O)c4ccccc4C3=O)cc2)c1C. The van der Waals surface area contributed by atoms with E-state index in [1.165, 1.54) is 26.0 Å². The van der Waals surface area contributed by atoms with Crippen LogP contribution in [0.25, 0.3) is 0 Å². The average molecular weight is 472 g/mol. The maximum absolute atomic E-state index is 12.8. The van der Waals surface area contributed by atoms with Crippen molar-refractivity contribution >= 4 is 29.4 Å². The van der Waals surface area contributed by atoms with Crippen molar-refractivity contribution in [3.05, 3.63) is 93.3 Å². The maximum atomic E-state index is 12.8. The molecule has 3 aromatic rings. The van der Waals surface area contributed by atoms with E-state index in [4.69, 9.17) is 4.74 Å². The summed E-state index contributed by atoms with van der Waals surface area (Å²) >= 11 is 0. The van der Waals surface area contributed by atoms with Gasteiger partial charge < -0.3 is 9.72 Å². The molecule has 1 aliphatic rings. The van der Waals surface area contributed by atoms with Crippen molar-refractivity contribution in [1.82, 2.24) is 9.88 Å². The summed E-state index contributed by atoms with van der Waals surface area (Å²) in [5.74, 6) is -1.99. The van der Waals surface area contributed by atoms with Crippen LogP contribution >= 0.6 is 0 Å². The van der Waals surface area contributed by atoms with E-state index >= 15 is 0 Å². The Morgan fingerprint density at radius 2 is 1.51 bits per heavy atom. The van der Waals surface area contributed by atoms with E-state index in [0.29, 0.717) is 33.5 Å². The smallest absolute Gasteiger partial charge is 0.338 e. The Hall–Kier alpha value is -4.33. The Labute approximate surface area is 201 Å². The molecule has 2 heterocycles. The molecule has 1 atom stereocenters. The normalized spacial score (nSPS) is 13.5. The van der Waals surface area contributed by atoms with Gasteiger partial charge >= 0.3 is 5.97 Å². The zero-order valence-corrected chi connectivity index (χ0v) is 19.8. The van der Waals surface area contributed by atoms with E-state index in [1.54, 1.807) is 50.2 Å². The van der Waals surface area contributed by atoms with Gasteiger partial charge in [-0.3, -0.25) is 24.1 Å². The number of rotatable bonds is 7. The van der Waals surface area contributed by atoms with Crippen LogP contribution in [0.3, 0.4) is 0 Å². The molecule has 178 valence electrons. The van der Waals surface area contributed by atoms with Crippen molar-refractivity contribution in [3.63, 3.8) is 0 Å². The summed E-state index contributed by atoms with van der Waals surface area (Å²) in [6, 6.07) is 13.0. The van der Waals surface area contributed by atoms with E-state index in [9.17, 15) is 24.0 Å². The largest absolute Gasteiger partial charge is 0.451 e. The second-order valence-corrected chi connectivity index (χ2v) is 8.53. The van der Waals surface area contributed by atoms with Gasteiger partial charge in [0.05, 0.1) is 28.9 Å². The number of carbonyl (C=O) groups excluding carboxylic acids is 5. The lowest BCUT2D eigenvalue weighted by Crippen LogP contribution is -2.29. The van der Waals surface area contributed by atoms with Gasteiger partial charge in [0.1, 0.15) is 0 Å². The van der Waals surface area contributed by atoms with Crippen LogP contribution in [0.2, 0.25) is 0 Å². The van der Waals surface area contributed by atoms with Gasteiger partial charge in [0.2, 0.25) is 5.78 Å². The molecule has 1 unspecified atom stereocenters. The first-order valence-corrected chi connectivity index (χ1v) is 11.1. The van der Waals surface area contributed by atoms with Crippen molar-refractivity contribution in [2.45, 2.75) is 40.3 Å². The number of aromatic nitrogens is 1. The Kier molecular flexibility index (Phi) is 6.22. The maximum Gasteiger partial charge on any atom is 0.338 e.